The minimum absolute atomic E-state index is 0.207. The summed E-state index contributed by atoms with van der Waals surface area (Å²) < 4.78 is 10.5. The molecule has 1 aromatic carbocycles. The Hall–Kier alpha value is -1.46. The van der Waals surface area contributed by atoms with Crippen molar-refractivity contribution in [2.45, 2.75) is 32.4 Å². The van der Waals surface area contributed by atoms with Crippen molar-refractivity contribution in [2.24, 2.45) is 0 Å². The van der Waals surface area contributed by atoms with E-state index in [0.717, 1.165) is 18.4 Å². The van der Waals surface area contributed by atoms with Crippen LogP contribution in [0.2, 0.25) is 0 Å². The highest BCUT2D eigenvalue weighted by molar-refractivity contribution is 5.51. The van der Waals surface area contributed by atoms with Gasteiger partial charge in [-0.25, -0.2) is 0 Å². The zero-order valence-electron chi connectivity index (χ0n) is 10.5. The van der Waals surface area contributed by atoms with E-state index in [0.29, 0.717) is 24.1 Å². The molecule has 0 bridgehead atoms. The summed E-state index contributed by atoms with van der Waals surface area (Å²) in [5.74, 6) is 1.47. The molecule has 0 amide bonds. The van der Waals surface area contributed by atoms with Gasteiger partial charge in [-0.1, -0.05) is 0 Å². The van der Waals surface area contributed by atoms with Crippen molar-refractivity contribution in [2.75, 3.05) is 13.4 Å². The Kier molecular flexibility index (Phi) is 4.28. The van der Waals surface area contributed by atoms with Gasteiger partial charge in [0.2, 0.25) is 6.79 Å². The monoisotopic (exact) mass is 253 g/mol. The molecule has 18 heavy (non-hydrogen) atoms. The van der Waals surface area contributed by atoms with Crippen LogP contribution in [0.3, 0.4) is 0 Å². The molecule has 1 aliphatic heterocycles. The number of nitrogens with one attached hydrogen (secondary N) is 1. The number of hydrogen-bond acceptors (Lipinski definition) is 5. The van der Waals surface area contributed by atoms with Gasteiger partial charge in [0.25, 0.3) is 0 Å². The average Bonchev–Trinajstić information content (AvgIpc) is 2.80. The van der Waals surface area contributed by atoms with Crippen molar-refractivity contribution in [3.63, 3.8) is 0 Å². The van der Waals surface area contributed by atoms with E-state index in [9.17, 15) is 5.11 Å². The van der Waals surface area contributed by atoms with E-state index >= 15 is 0 Å². The second kappa shape index (κ2) is 5.93. The van der Waals surface area contributed by atoms with Crippen molar-refractivity contribution < 1.29 is 19.7 Å². The van der Waals surface area contributed by atoms with Crippen molar-refractivity contribution in [1.29, 1.82) is 0 Å². The normalized spacial score (nSPS) is 14.8. The molecule has 1 atom stereocenters. The van der Waals surface area contributed by atoms with Crippen molar-refractivity contribution in [3.05, 3.63) is 17.7 Å². The SMILES string of the molecule is CC(CCCO)NCc1cc2c(cc1O)OCO2. The van der Waals surface area contributed by atoms with Crippen LogP contribution in [0.4, 0.5) is 0 Å². The standard InChI is InChI=1S/C13H19NO4/c1-9(3-2-4-15)14-7-10-5-12-13(6-11(10)16)18-8-17-12/h5-6,9,14-16H,2-4,7-8H2,1H3. The molecule has 0 aliphatic carbocycles. The number of phenols is 1. The number of ether oxygens (including phenoxy) is 2. The summed E-state index contributed by atoms with van der Waals surface area (Å²) in [6, 6.07) is 3.67. The van der Waals surface area contributed by atoms with Gasteiger partial charge in [0.15, 0.2) is 11.5 Å². The second-order valence-electron chi connectivity index (χ2n) is 4.48. The lowest BCUT2D eigenvalue weighted by atomic mass is 10.1. The molecule has 0 saturated carbocycles. The van der Waals surface area contributed by atoms with Crippen LogP contribution in [0.15, 0.2) is 12.1 Å². The van der Waals surface area contributed by atoms with Gasteiger partial charge in [-0.15, -0.1) is 0 Å². The summed E-state index contributed by atoms with van der Waals surface area (Å²) >= 11 is 0. The number of fused-ring (bicyclic) bond motifs is 1. The summed E-state index contributed by atoms with van der Waals surface area (Å²) in [7, 11) is 0. The Morgan fingerprint density at radius 3 is 2.78 bits per heavy atom. The maximum absolute atomic E-state index is 9.85. The fourth-order valence-electron chi connectivity index (χ4n) is 1.90. The zero-order chi connectivity index (χ0) is 13.0. The largest absolute Gasteiger partial charge is 0.507 e. The highest BCUT2D eigenvalue weighted by atomic mass is 16.7. The molecule has 0 fully saturated rings. The van der Waals surface area contributed by atoms with E-state index in [2.05, 4.69) is 12.2 Å². The third-order valence-electron chi connectivity index (χ3n) is 3.01. The van der Waals surface area contributed by atoms with E-state index in [1.54, 1.807) is 12.1 Å². The van der Waals surface area contributed by atoms with Crippen molar-refractivity contribution >= 4 is 0 Å². The van der Waals surface area contributed by atoms with Gasteiger partial charge >= 0.3 is 0 Å². The quantitative estimate of drug-likeness (QED) is 0.714. The molecule has 1 heterocycles. The highest BCUT2D eigenvalue weighted by Gasteiger charge is 2.17. The molecule has 5 nitrogen and oxygen atoms in total. The summed E-state index contributed by atoms with van der Waals surface area (Å²) in [4.78, 5) is 0. The van der Waals surface area contributed by atoms with E-state index < -0.39 is 0 Å². The first kappa shape index (κ1) is 13.0. The van der Waals surface area contributed by atoms with Crippen LogP contribution in [-0.2, 0) is 6.54 Å². The summed E-state index contributed by atoms with van der Waals surface area (Å²) in [6.45, 7) is 3.04. The fourth-order valence-corrected chi connectivity index (χ4v) is 1.90. The Morgan fingerprint density at radius 1 is 1.33 bits per heavy atom. The summed E-state index contributed by atoms with van der Waals surface area (Å²) in [5, 5.41) is 21.9. The lowest BCUT2D eigenvalue weighted by molar-refractivity contribution is 0.174. The number of rotatable bonds is 6. The Bertz CT molecular complexity index is 408. The van der Waals surface area contributed by atoms with E-state index in [-0.39, 0.29) is 19.1 Å². The molecule has 0 radical (unpaired) electrons. The second-order valence-corrected chi connectivity index (χ2v) is 4.48. The van der Waals surface area contributed by atoms with Gasteiger partial charge in [-0.05, 0) is 25.8 Å². The predicted octanol–water partition coefficient (Wildman–Crippen LogP) is 1.37. The average molecular weight is 253 g/mol. The molecule has 100 valence electrons. The third kappa shape index (κ3) is 3.05. The number of aromatic hydroxyl groups is 1. The molecule has 2 rings (SSSR count). The fraction of sp³-hybridized carbons (Fsp3) is 0.538. The van der Waals surface area contributed by atoms with Crippen LogP contribution in [-0.4, -0.2) is 29.7 Å². The van der Waals surface area contributed by atoms with Crippen LogP contribution < -0.4 is 14.8 Å². The number of aliphatic hydroxyl groups is 1. The van der Waals surface area contributed by atoms with Crippen LogP contribution in [0.5, 0.6) is 17.2 Å². The molecular weight excluding hydrogens is 234 g/mol. The van der Waals surface area contributed by atoms with Crippen molar-refractivity contribution in [1.82, 2.24) is 5.32 Å². The minimum Gasteiger partial charge on any atom is -0.507 e. The molecule has 0 spiro atoms. The Labute approximate surface area is 106 Å². The molecular formula is C13H19NO4. The van der Waals surface area contributed by atoms with E-state index in [1.165, 1.54) is 0 Å². The van der Waals surface area contributed by atoms with Crippen LogP contribution >= 0.6 is 0 Å². The number of aliphatic hydroxyl groups excluding tert-OH is 1. The first-order chi connectivity index (χ1) is 8.70. The number of hydrogen-bond donors (Lipinski definition) is 3. The van der Waals surface area contributed by atoms with E-state index in [1.807, 2.05) is 0 Å². The van der Waals surface area contributed by atoms with Crippen LogP contribution in [0.1, 0.15) is 25.3 Å². The first-order valence-corrected chi connectivity index (χ1v) is 6.16. The molecule has 5 heteroatoms. The van der Waals surface area contributed by atoms with Crippen molar-refractivity contribution in [3.8, 4) is 17.2 Å². The molecule has 1 unspecified atom stereocenters. The van der Waals surface area contributed by atoms with Gasteiger partial charge < -0.3 is 25.0 Å². The van der Waals surface area contributed by atoms with Crippen LogP contribution in [0.25, 0.3) is 0 Å². The third-order valence-corrected chi connectivity index (χ3v) is 3.01. The topological polar surface area (TPSA) is 71.0 Å². The summed E-state index contributed by atoms with van der Waals surface area (Å²) in [5.41, 5.74) is 0.787. The van der Waals surface area contributed by atoms with Gasteiger partial charge in [0.05, 0.1) is 0 Å². The molecule has 1 aliphatic rings. The smallest absolute Gasteiger partial charge is 0.231 e. The maximum Gasteiger partial charge on any atom is 0.231 e. The Morgan fingerprint density at radius 2 is 2.06 bits per heavy atom. The lowest BCUT2D eigenvalue weighted by Crippen LogP contribution is -2.25. The van der Waals surface area contributed by atoms with Gasteiger partial charge in [0, 0.05) is 30.8 Å². The van der Waals surface area contributed by atoms with Crippen LogP contribution in [0, 0.1) is 0 Å². The zero-order valence-corrected chi connectivity index (χ0v) is 10.5. The molecule has 3 N–H and O–H groups in total. The number of phenolic OH excluding ortho intramolecular Hbond substituents is 1. The number of benzene rings is 1. The maximum atomic E-state index is 9.85. The van der Waals surface area contributed by atoms with Gasteiger partial charge in [-0.2, -0.15) is 0 Å². The van der Waals surface area contributed by atoms with Gasteiger partial charge in [-0.3, -0.25) is 0 Å². The lowest BCUT2D eigenvalue weighted by Gasteiger charge is -2.14. The molecule has 0 saturated heterocycles. The minimum atomic E-state index is 0.207. The van der Waals surface area contributed by atoms with E-state index in [4.69, 9.17) is 14.6 Å². The summed E-state index contributed by atoms with van der Waals surface area (Å²) in [6.07, 6.45) is 1.68. The molecule has 1 aromatic rings. The predicted molar refractivity (Wildman–Crippen MR) is 66.9 cm³/mol. The Balaban J connectivity index is 1.93. The first-order valence-electron chi connectivity index (χ1n) is 6.16. The van der Waals surface area contributed by atoms with Gasteiger partial charge in [0.1, 0.15) is 5.75 Å². The molecule has 0 aromatic heterocycles. The highest BCUT2D eigenvalue weighted by Crippen LogP contribution is 2.37.